The summed E-state index contributed by atoms with van der Waals surface area (Å²) in [6.07, 6.45) is 30.2. The zero-order chi connectivity index (χ0) is 52.9. The van der Waals surface area contributed by atoms with Crippen LogP contribution < -0.4 is 14.2 Å². The molecule has 0 aromatic heterocycles. The fourth-order valence-corrected chi connectivity index (χ4v) is 13.6. The van der Waals surface area contributed by atoms with E-state index >= 15 is 0 Å². The van der Waals surface area contributed by atoms with Gasteiger partial charge < -0.3 is 19.3 Å². The van der Waals surface area contributed by atoms with Gasteiger partial charge in [0.25, 0.3) is 0 Å². The van der Waals surface area contributed by atoms with E-state index in [1.54, 1.807) is 12.1 Å². The van der Waals surface area contributed by atoms with Gasteiger partial charge in [0.1, 0.15) is 41.0 Å². The Kier molecular flexibility index (Phi) is 12.5. The highest BCUT2D eigenvalue weighted by atomic mass is 79.9. The van der Waals surface area contributed by atoms with Crippen molar-refractivity contribution in [3.8, 4) is 45.3 Å². The van der Waals surface area contributed by atoms with Crippen molar-refractivity contribution in [3.63, 3.8) is 0 Å². The van der Waals surface area contributed by atoms with Crippen LogP contribution in [0.25, 0.3) is 22.3 Å². The van der Waals surface area contributed by atoms with Crippen LogP contribution in [0.4, 0.5) is 0 Å². The largest absolute Gasteiger partial charge is 0.508 e. The van der Waals surface area contributed by atoms with Crippen LogP contribution in [-0.2, 0) is 10.8 Å². The van der Waals surface area contributed by atoms with Gasteiger partial charge in [-0.1, -0.05) is 210 Å². The number of phenolic OH excluding ortho intramolecular Hbond substituents is 1. The third-order valence-corrected chi connectivity index (χ3v) is 17.6. The first-order chi connectivity index (χ1) is 38.9. The van der Waals surface area contributed by atoms with Crippen LogP contribution in [0.15, 0.2) is 288 Å². The Morgan fingerprint density at radius 3 is 1.11 bits per heavy atom. The molecule has 8 aromatic rings. The van der Waals surface area contributed by atoms with Crippen molar-refractivity contribution >= 4 is 15.9 Å². The Hall–Kier alpha value is -8.64. The molecule has 0 heterocycles. The van der Waals surface area contributed by atoms with E-state index in [0.29, 0.717) is 5.92 Å². The number of benzene rings is 8. The predicted octanol–water partition coefficient (Wildman–Crippen LogP) is 17.8. The molecule has 4 nitrogen and oxygen atoms in total. The molecule has 4 unspecified atom stereocenters. The molecule has 384 valence electrons. The molecule has 8 aromatic carbocycles. The smallest absolute Gasteiger partial charge is 0.127 e. The van der Waals surface area contributed by atoms with Gasteiger partial charge in [-0.25, -0.2) is 0 Å². The Bertz CT molecular complexity index is 3810. The second kappa shape index (κ2) is 20.3. The quantitative estimate of drug-likeness (QED) is 0.132. The number of rotatable bonds is 12. The second-order valence-electron chi connectivity index (χ2n) is 21.4. The molecule has 1 N–H and O–H groups in total. The van der Waals surface area contributed by atoms with Crippen LogP contribution in [0.1, 0.15) is 70.2 Å². The fourth-order valence-electron chi connectivity index (χ4n) is 13.3. The topological polar surface area (TPSA) is 47.9 Å². The number of allylic oxidation sites excluding steroid dienone is 11. The first-order valence-corrected chi connectivity index (χ1v) is 28.4. The molecular formula is C74H57BrO4. The number of hydrogen-bond donors (Lipinski definition) is 1. The molecule has 79 heavy (non-hydrogen) atoms. The summed E-state index contributed by atoms with van der Waals surface area (Å²) in [6, 6.07) is 68.9. The SMILES string of the molecule is Oc1ccc(C2(c3ccc(OC4C=CC(C5C=CC(Oc6ccc(C7(c8ccc(OC9C=CC(C%10C=CC(Br)=CC%10)=CC9)cc8)c8ccccc8-c8ccccc87)cc6)=CC5)=CC4)cc3)c3ccccc3-c3ccccc32)cc1. The summed E-state index contributed by atoms with van der Waals surface area (Å²) in [5, 5.41) is 10.3. The number of hydrogen-bond acceptors (Lipinski definition) is 4. The third-order valence-electron chi connectivity index (χ3n) is 17.0. The lowest BCUT2D eigenvalue weighted by Crippen LogP contribution is -2.28. The van der Waals surface area contributed by atoms with Gasteiger partial charge in [-0.2, -0.15) is 0 Å². The second-order valence-corrected chi connectivity index (χ2v) is 22.3. The first-order valence-electron chi connectivity index (χ1n) is 27.6. The summed E-state index contributed by atoms with van der Waals surface area (Å²) in [4.78, 5) is 0. The van der Waals surface area contributed by atoms with Gasteiger partial charge in [0.05, 0.1) is 10.8 Å². The van der Waals surface area contributed by atoms with Crippen molar-refractivity contribution in [1.29, 1.82) is 0 Å². The highest BCUT2D eigenvalue weighted by Gasteiger charge is 2.47. The van der Waals surface area contributed by atoms with E-state index in [9.17, 15) is 5.11 Å². The van der Waals surface area contributed by atoms with E-state index in [-0.39, 0.29) is 23.9 Å². The number of phenols is 1. The minimum absolute atomic E-state index is 0.0136. The Labute approximate surface area is 471 Å². The molecule has 5 heteroatoms. The van der Waals surface area contributed by atoms with Crippen molar-refractivity contribution in [2.45, 2.75) is 48.7 Å². The van der Waals surface area contributed by atoms with Crippen LogP contribution in [-0.4, -0.2) is 17.3 Å². The average Bonchev–Trinajstić information content (AvgIpc) is 4.07. The Morgan fingerprint density at radius 1 is 0.367 bits per heavy atom. The van der Waals surface area contributed by atoms with E-state index in [0.717, 1.165) is 64.3 Å². The maximum Gasteiger partial charge on any atom is 0.127 e. The normalized spacial score (nSPS) is 20.6. The van der Waals surface area contributed by atoms with Gasteiger partial charge in [0, 0.05) is 29.2 Å². The summed E-state index contributed by atoms with van der Waals surface area (Å²) in [5.41, 5.74) is 16.2. The van der Waals surface area contributed by atoms with Gasteiger partial charge in [0.15, 0.2) is 0 Å². The summed E-state index contributed by atoms with van der Waals surface area (Å²) >= 11 is 3.60. The number of ether oxygens (including phenoxy) is 3. The monoisotopic (exact) mass is 1090 g/mol. The van der Waals surface area contributed by atoms with Crippen molar-refractivity contribution in [1.82, 2.24) is 0 Å². The van der Waals surface area contributed by atoms with E-state index in [2.05, 4.69) is 271 Å². The minimum Gasteiger partial charge on any atom is -0.508 e. The number of aromatic hydroxyl groups is 1. The van der Waals surface area contributed by atoms with E-state index < -0.39 is 10.8 Å². The van der Waals surface area contributed by atoms with Crippen LogP contribution in [0, 0.1) is 11.8 Å². The molecule has 14 rings (SSSR count). The highest BCUT2D eigenvalue weighted by Crippen LogP contribution is 2.58. The van der Waals surface area contributed by atoms with Crippen molar-refractivity contribution in [2.75, 3.05) is 0 Å². The van der Waals surface area contributed by atoms with Crippen LogP contribution in [0.3, 0.4) is 0 Å². The van der Waals surface area contributed by atoms with Crippen molar-refractivity contribution in [2.24, 2.45) is 11.8 Å². The van der Waals surface area contributed by atoms with Gasteiger partial charge in [0.2, 0.25) is 0 Å². The lowest BCUT2D eigenvalue weighted by atomic mass is 9.68. The highest BCUT2D eigenvalue weighted by molar-refractivity contribution is 9.11. The molecule has 0 saturated heterocycles. The molecule has 0 amide bonds. The Balaban J connectivity index is 0.644. The first kappa shape index (κ1) is 48.7. The zero-order valence-corrected chi connectivity index (χ0v) is 45.2. The van der Waals surface area contributed by atoms with Crippen LogP contribution >= 0.6 is 15.9 Å². The molecule has 0 aliphatic heterocycles. The molecule has 4 atom stereocenters. The van der Waals surface area contributed by atoms with E-state index in [1.807, 2.05) is 0 Å². The molecule has 0 spiro atoms. The summed E-state index contributed by atoms with van der Waals surface area (Å²) in [7, 11) is 0. The molecule has 6 aliphatic rings. The van der Waals surface area contributed by atoms with Gasteiger partial charge in [-0.3, -0.25) is 0 Å². The molecule has 0 saturated carbocycles. The van der Waals surface area contributed by atoms with E-state index in [4.69, 9.17) is 14.2 Å². The molecule has 6 aliphatic carbocycles. The number of fused-ring (bicyclic) bond motifs is 6. The molecule has 0 radical (unpaired) electrons. The van der Waals surface area contributed by atoms with Gasteiger partial charge in [-0.15, -0.1) is 0 Å². The van der Waals surface area contributed by atoms with E-state index in [1.165, 1.54) is 66.8 Å². The summed E-state index contributed by atoms with van der Waals surface area (Å²) in [6.45, 7) is 0. The minimum atomic E-state index is -0.538. The Morgan fingerprint density at radius 2 is 0.747 bits per heavy atom. The average molecular weight is 1090 g/mol. The van der Waals surface area contributed by atoms with Crippen LogP contribution in [0.5, 0.6) is 23.0 Å². The van der Waals surface area contributed by atoms with Crippen molar-refractivity contribution < 1.29 is 19.3 Å². The van der Waals surface area contributed by atoms with Gasteiger partial charge in [-0.05, 0) is 164 Å². The third kappa shape index (κ3) is 8.59. The number of halogens is 1. The van der Waals surface area contributed by atoms with Crippen LogP contribution in [0.2, 0.25) is 0 Å². The lowest BCUT2D eigenvalue weighted by Gasteiger charge is -2.34. The predicted molar refractivity (Wildman–Crippen MR) is 322 cm³/mol. The zero-order valence-electron chi connectivity index (χ0n) is 43.6. The maximum atomic E-state index is 10.3. The molecular weight excluding hydrogens is 1030 g/mol. The lowest BCUT2D eigenvalue weighted by molar-refractivity contribution is 0.250. The molecule has 0 fully saturated rings. The van der Waals surface area contributed by atoms with Gasteiger partial charge >= 0.3 is 0 Å². The maximum absolute atomic E-state index is 10.3. The molecule has 0 bridgehead atoms. The summed E-state index contributed by atoms with van der Waals surface area (Å²) < 4.78 is 20.9. The summed E-state index contributed by atoms with van der Waals surface area (Å²) in [5.74, 6) is 4.27. The van der Waals surface area contributed by atoms with Crippen molar-refractivity contribution in [3.05, 3.63) is 333 Å². The standard InChI is InChI=1S/C74H57BrO4/c75-57-33-17-49(18-34-57)50-19-37-59(38-20-50)77-63-45-29-55(30-46-63)74(71-15-7-3-11-67(71)68-12-4-8-16-72(68)74)56-31-47-64(48-32-56)79-61-41-23-52(24-42-61)51-21-39-60(40-22-51)78-62-43-27-54(28-44-62)73(53-25-35-58(76)36-26-53)69-13-5-1-9-65(69)66-10-2-6-14-70(66)73/h1-17,19-23,25-37,39,41-49,52,59-60,76H,18,24,38,40H2. The fraction of sp³-hybridized carbons (Fsp3) is 0.135.